The van der Waals surface area contributed by atoms with Gasteiger partial charge in [-0.05, 0) is 6.07 Å². The quantitative estimate of drug-likeness (QED) is 0.559. The van der Waals surface area contributed by atoms with E-state index in [2.05, 4.69) is 20.8 Å². The highest BCUT2D eigenvalue weighted by Gasteiger charge is 2.32. The monoisotopic (exact) mass is 422 g/mol. The fraction of sp³-hybridized carbons (Fsp3) is 0.333. The van der Waals surface area contributed by atoms with Gasteiger partial charge in [-0.25, -0.2) is 9.37 Å². The number of methoxy groups -OCH3 is 2. The Morgan fingerprint density at radius 1 is 1.41 bits per heavy atom. The highest BCUT2D eigenvalue weighted by molar-refractivity contribution is 6.33. The van der Waals surface area contributed by atoms with Crippen molar-refractivity contribution in [2.75, 3.05) is 20.8 Å². The number of hydrazone groups is 1. The molecular formula is C18H20ClFN6O3. The molecule has 1 aromatic carbocycles. The zero-order chi connectivity index (χ0) is 20.7. The second kappa shape index (κ2) is 7.54. The van der Waals surface area contributed by atoms with E-state index in [0.29, 0.717) is 28.1 Å². The predicted molar refractivity (Wildman–Crippen MR) is 106 cm³/mol. The van der Waals surface area contributed by atoms with E-state index in [0.717, 1.165) is 0 Å². The summed E-state index contributed by atoms with van der Waals surface area (Å²) < 4.78 is 28.8. The van der Waals surface area contributed by atoms with E-state index in [1.807, 2.05) is 0 Å². The van der Waals surface area contributed by atoms with Crippen molar-refractivity contribution in [1.29, 1.82) is 0 Å². The van der Waals surface area contributed by atoms with Crippen molar-refractivity contribution in [2.45, 2.75) is 12.3 Å². The first-order chi connectivity index (χ1) is 14.0. The maximum absolute atomic E-state index is 15.2. The lowest BCUT2D eigenvalue weighted by Gasteiger charge is -2.17. The molecule has 3 aromatic rings. The number of nitrogens with zero attached hydrogens (tertiary/aromatic N) is 4. The Labute approximate surface area is 170 Å². The third-order valence-electron chi connectivity index (χ3n) is 4.84. The predicted octanol–water partition coefficient (Wildman–Crippen LogP) is 1.68. The lowest BCUT2D eigenvalue weighted by Crippen LogP contribution is -2.37. The zero-order valence-electron chi connectivity index (χ0n) is 16.0. The smallest absolute Gasteiger partial charge is 0.169 e. The Kier molecular flexibility index (Phi) is 5.07. The van der Waals surface area contributed by atoms with Gasteiger partial charge in [-0.1, -0.05) is 11.6 Å². The van der Waals surface area contributed by atoms with E-state index < -0.39 is 18.1 Å². The molecule has 154 valence electrons. The SMILES string of the molecule is COCC(O)C1=NNC(c2c(-n3ccnc3)c3cc(OC)c(Cl)c(F)c3n2C)N1. The van der Waals surface area contributed by atoms with Crippen LogP contribution in [0.5, 0.6) is 5.75 Å². The largest absolute Gasteiger partial charge is 0.495 e. The third kappa shape index (κ3) is 3.09. The first-order valence-electron chi connectivity index (χ1n) is 8.77. The minimum atomic E-state index is -0.921. The molecule has 1 aliphatic heterocycles. The number of aromatic nitrogens is 3. The average molecular weight is 423 g/mol. The molecule has 0 saturated carbocycles. The number of hydrogen-bond acceptors (Lipinski definition) is 7. The Bertz CT molecular complexity index is 1080. The molecule has 0 spiro atoms. The van der Waals surface area contributed by atoms with Gasteiger partial charge < -0.3 is 29.0 Å². The number of aliphatic hydroxyl groups is 1. The van der Waals surface area contributed by atoms with Crippen molar-refractivity contribution in [3.05, 3.63) is 41.3 Å². The third-order valence-corrected chi connectivity index (χ3v) is 5.20. The van der Waals surface area contributed by atoms with Crippen LogP contribution in [0.2, 0.25) is 5.02 Å². The maximum atomic E-state index is 15.2. The number of aryl methyl sites for hydroxylation is 1. The molecule has 9 nitrogen and oxygen atoms in total. The molecule has 0 aliphatic carbocycles. The number of imidazole rings is 1. The van der Waals surface area contributed by atoms with E-state index in [4.69, 9.17) is 21.1 Å². The van der Waals surface area contributed by atoms with Crippen LogP contribution in [0, 0.1) is 5.82 Å². The van der Waals surface area contributed by atoms with E-state index in [-0.39, 0.29) is 17.4 Å². The Morgan fingerprint density at radius 2 is 2.21 bits per heavy atom. The maximum Gasteiger partial charge on any atom is 0.169 e. The van der Waals surface area contributed by atoms with Crippen LogP contribution < -0.4 is 15.5 Å². The number of aliphatic hydroxyl groups excluding tert-OH is 1. The van der Waals surface area contributed by atoms with E-state index in [1.54, 1.807) is 41.0 Å². The minimum absolute atomic E-state index is 0.0885. The summed E-state index contributed by atoms with van der Waals surface area (Å²) in [6.07, 6.45) is 3.55. The number of rotatable bonds is 6. The van der Waals surface area contributed by atoms with Crippen LogP contribution in [0.4, 0.5) is 4.39 Å². The Hall–Kier alpha value is -2.82. The Balaban J connectivity index is 1.90. The van der Waals surface area contributed by atoms with Crippen LogP contribution >= 0.6 is 11.6 Å². The number of halogens is 2. The van der Waals surface area contributed by atoms with Crippen molar-refractivity contribution in [1.82, 2.24) is 24.9 Å². The van der Waals surface area contributed by atoms with Gasteiger partial charge in [-0.15, -0.1) is 0 Å². The van der Waals surface area contributed by atoms with Crippen LogP contribution in [-0.2, 0) is 11.8 Å². The highest BCUT2D eigenvalue weighted by atomic mass is 35.5. The van der Waals surface area contributed by atoms with Crippen molar-refractivity contribution >= 4 is 28.3 Å². The molecule has 1 aliphatic rings. The number of fused-ring (bicyclic) bond motifs is 1. The van der Waals surface area contributed by atoms with Gasteiger partial charge >= 0.3 is 0 Å². The molecule has 2 unspecified atom stereocenters. The fourth-order valence-corrected chi connectivity index (χ4v) is 3.77. The number of benzene rings is 1. The average Bonchev–Trinajstić information content (AvgIpc) is 3.43. The molecule has 2 aromatic heterocycles. The molecule has 0 saturated heterocycles. The summed E-state index contributed by atoms with van der Waals surface area (Å²) in [5, 5.41) is 17.9. The van der Waals surface area contributed by atoms with Crippen LogP contribution in [-0.4, -0.2) is 52.0 Å². The molecule has 2 atom stereocenters. The minimum Gasteiger partial charge on any atom is -0.495 e. The molecule has 29 heavy (non-hydrogen) atoms. The number of hydrogen-bond donors (Lipinski definition) is 3. The number of nitrogens with one attached hydrogen (secondary N) is 2. The van der Waals surface area contributed by atoms with E-state index >= 15 is 4.39 Å². The fourth-order valence-electron chi connectivity index (χ4n) is 3.54. The summed E-state index contributed by atoms with van der Waals surface area (Å²) in [5.41, 5.74) is 4.61. The van der Waals surface area contributed by atoms with Crippen LogP contribution in [0.25, 0.3) is 16.6 Å². The molecule has 11 heteroatoms. The molecule has 0 amide bonds. The van der Waals surface area contributed by atoms with Crippen molar-refractivity contribution in [3.8, 4) is 11.4 Å². The first-order valence-corrected chi connectivity index (χ1v) is 9.15. The normalized spacial score (nSPS) is 17.2. The second-order valence-corrected chi connectivity index (χ2v) is 6.92. The van der Waals surface area contributed by atoms with Gasteiger partial charge in [0.25, 0.3) is 0 Å². The van der Waals surface area contributed by atoms with E-state index in [9.17, 15) is 5.11 Å². The standard InChI is InChI=1S/C18H20ClFN6O3/c1-25-14-9(6-11(29-3)12(19)13(14)20)15(26-5-4-21-8-26)16(25)18-22-17(23-24-18)10(27)7-28-2/h4-6,8,10,18,24,27H,7H2,1-3H3,(H,22,23). The molecular weight excluding hydrogens is 403 g/mol. The number of amidine groups is 1. The van der Waals surface area contributed by atoms with Gasteiger partial charge in [0.2, 0.25) is 0 Å². The number of ether oxygens (including phenoxy) is 2. The van der Waals surface area contributed by atoms with Gasteiger partial charge in [0.15, 0.2) is 17.8 Å². The molecule has 0 bridgehead atoms. The van der Waals surface area contributed by atoms with E-state index in [1.165, 1.54) is 14.2 Å². The van der Waals surface area contributed by atoms with Gasteiger partial charge in [0.1, 0.15) is 16.9 Å². The van der Waals surface area contributed by atoms with Crippen LogP contribution in [0.15, 0.2) is 29.9 Å². The molecule has 3 N–H and O–H groups in total. The van der Waals surface area contributed by atoms with Gasteiger partial charge in [-0.2, -0.15) is 5.10 Å². The van der Waals surface area contributed by atoms with Gasteiger partial charge in [-0.3, -0.25) is 5.43 Å². The topological polar surface area (TPSA) is 97.9 Å². The first kappa shape index (κ1) is 19.5. The summed E-state index contributed by atoms with van der Waals surface area (Å²) in [7, 11) is 4.66. The van der Waals surface area contributed by atoms with Crippen molar-refractivity contribution in [2.24, 2.45) is 12.1 Å². The molecule has 0 radical (unpaired) electrons. The van der Waals surface area contributed by atoms with Crippen LogP contribution in [0.3, 0.4) is 0 Å². The van der Waals surface area contributed by atoms with Crippen LogP contribution in [0.1, 0.15) is 11.9 Å². The van der Waals surface area contributed by atoms with Crippen molar-refractivity contribution < 1.29 is 19.0 Å². The lowest BCUT2D eigenvalue weighted by atomic mass is 10.1. The molecule has 3 heterocycles. The molecule has 0 fully saturated rings. The lowest BCUT2D eigenvalue weighted by molar-refractivity contribution is 0.102. The van der Waals surface area contributed by atoms with Gasteiger partial charge in [0, 0.05) is 31.9 Å². The second-order valence-electron chi connectivity index (χ2n) is 6.54. The molecule has 4 rings (SSSR count). The summed E-state index contributed by atoms with van der Waals surface area (Å²) in [6.45, 7) is 0.0885. The summed E-state index contributed by atoms with van der Waals surface area (Å²) >= 11 is 6.16. The Morgan fingerprint density at radius 3 is 2.86 bits per heavy atom. The van der Waals surface area contributed by atoms with Gasteiger partial charge in [0.05, 0.1) is 36.9 Å². The summed E-state index contributed by atoms with van der Waals surface area (Å²) in [4.78, 5) is 4.11. The summed E-state index contributed by atoms with van der Waals surface area (Å²) in [6, 6.07) is 1.69. The highest BCUT2D eigenvalue weighted by Crippen LogP contribution is 2.40. The zero-order valence-corrected chi connectivity index (χ0v) is 16.7. The summed E-state index contributed by atoms with van der Waals surface area (Å²) in [5.74, 6) is -0.0283. The van der Waals surface area contributed by atoms with Crippen molar-refractivity contribution in [3.63, 3.8) is 0 Å².